The van der Waals surface area contributed by atoms with Gasteiger partial charge < -0.3 is 63.9 Å². The highest BCUT2D eigenvalue weighted by molar-refractivity contribution is 7.86. The van der Waals surface area contributed by atoms with Crippen LogP contribution < -0.4 is 26.5 Å². The standard InChI is InChI=1S/C16H34N2O.C8H18N2O3.C8H18N2O2.2CH4O4S/c1-6-7-8-9-10-11-12-13-16(19)17-14-15(2)18(3,4)5;1-10(4-6-11,5-7-12)3-2-9-8-13;1-8(6-9-7-12)10(2,3)4-5-11;2*1-6(3,4)5-2/h15H,6-14H2,1-5H3;8,11-12H,2-7H2,1H3;7-8,11H,4-6H2,1-3H3;2*2H,1H3/p+1. The Bertz CT molecular complexity index is 1120. The second kappa shape index (κ2) is 37.2. The smallest absolute Gasteiger partial charge is 0.255 e. The molecule has 0 aliphatic rings. The average Bonchev–Trinajstić information content (AvgIpc) is 3.09. The van der Waals surface area contributed by atoms with Crippen molar-refractivity contribution in [3.05, 3.63) is 0 Å². The maximum Gasteiger partial charge on any atom is 0.255 e. The number of aliphatic hydroxyl groups excluding tert-OH is 3. The van der Waals surface area contributed by atoms with E-state index >= 15 is 0 Å². The van der Waals surface area contributed by atoms with Gasteiger partial charge in [-0.15, -0.1) is 0 Å². The first-order valence-electron chi connectivity index (χ1n) is 18.7. The third kappa shape index (κ3) is 49.9. The van der Waals surface area contributed by atoms with Gasteiger partial charge in [0.25, 0.3) is 20.2 Å². The number of unbranched alkanes of at least 4 members (excludes halogenated alkanes) is 6. The number of nitrogens with one attached hydrogen (secondary N) is 3. The summed E-state index contributed by atoms with van der Waals surface area (Å²) < 4.78 is 45.4. The lowest BCUT2D eigenvalue weighted by atomic mass is 10.1. The third-order valence-corrected chi connectivity index (χ3v) is 9.19. The van der Waals surface area contributed by atoms with Gasteiger partial charge in [-0.2, -0.15) is 0 Å². The summed E-state index contributed by atoms with van der Waals surface area (Å²) in [6, 6.07) is 0.778. The van der Waals surface area contributed by atoms with E-state index in [0.29, 0.717) is 81.0 Å². The molecule has 0 rings (SSSR count). The highest BCUT2D eigenvalue weighted by Gasteiger charge is 2.22. The Kier molecular flexibility index (Phi) is 41.9. The summed E-state index contributed by atoms with van der Waals surface area (Å²) in [4.78, 5) is 31.7. The Morgan fingerprint density at radius 3 is 1.45 bits per heavy atom. The minimum absolute atomic E-state index is 0.0948. The summed E-state index contributed by atoms with van der Waals surface area (Å²) >= 11 is 0. The fraction of sp³-hybridized carbons (Fsp3) is 0.912. The van der Waals surface area contributed by atoms with Gasteiger partial charge in [-0.3, -0.25) is 14.4 Å². The second-order valence-corrected chi connectivity index (χ2v) is 18.2. The maximum atomic E-state index is 11.7. The van der Waals surface area contributed by atoms with Crippen molar-refractivity contribution < 1.29 is 79.2 Å². The molecule has 56 heavy (non-hydrogen) atoms. The van der Waals surface area contributed by atoms with Crippen LogP contribution in [-0.4, -0.2) is 197 Å². The number of hydrogen-bond donors (Lipinski definition) is 6. The molecule has 0 fully saturated rings. The van der Waals surface area contributed by atoms with E-state index in [1.165, 1.54) is 38.5 Å². The zero-order valence-corrected chi connectivity index (χ0v) is 37.7. The van der Waals surface area contributed by atoms with Gasteiger partial charge in [0, 0.05) is 6.42 Å². The third-order valence-electron chi connectivity index (χ3n) is 8.70. The number of carbonyl (C=O) groups is 3. The van der Waals surface area contributed by atoms with Crippen LogP contribution in [0.2, 0.25) is 0 Å². The maximum absolute atomic E-state index is 11.7. The van der Waals surface area contributed by atoms with Crippen LogP contribution in [0.25, 0.3) is 0 Å². The van der Waals surface area contributed by atoms with Gasteiger partial charge >= 0.3 is 0 Å². The van der Waals surface area contributed by atoms with E-state index in [4.69, 9.17) is 25.8 Å². The van der Waals surface area contributed by atoms with Crippen LogP contribution in [0.3, 0.4) is 0 Å². The average molecular weight is 860 g/mol. The number of carbonyl (C=O) groups excluding carboxylic acids is 3. The normalized spacial score (nSPS) is 12.6. The van der Waals surface area contributed by atoms with E-state index < -0.39 is 20.2 Å². The molecule has 2 atom stereocenters. The van der Waals surface area contributed by atoms with E-state index in [2.05, 4.69) is 59.6 Å². The Balaban J connectivity index is -0.000000207. The van der Waals surface area contributed by atoms with Crippen LogP contribution in [0.4, 0.5) is 0 Å². The number of amides is 3. The molecule has 0 aromatic carbocycles. The SMILES string of the molecule is CC(CNC=O)[N+](C)(C)CCO.CCCCCCCCCC(=O)NCC(C)[N+](C)(C)C.CS(=O)(=O)O[O-].CS(=O)(=O)O[O-].C[N+](CCO)(CCO)CCNC=O. The molecule has 0 aromatic rings. The van der Waals surface area contributed by atoms with Crippen molar-refractivity contribution in [1.29, 1.82) is 0 Å². The Morgan fingerprint density at radius 1 is 0.679 bits per heavy atom. The van der Waals surface area contributed by atoms with Gasteiger partial charge in [0.15, 0.2) is 0 Å². The minimum Gasteiger partial charge on any atom is -0.707 e. The summed E-state index contributed by atoms with van der Waals surface area (Å²) in [5, 5.41) is 52.3. The summed E-state index contributed by atoms with van der Waals surface area (Å²) in [5.74, 6) is 0.217. The molecule has 20 nitrogen and oxygen atoms in total. The lowest BCUT2D eigenvalue weighted by Crippen LogP contribution is -2.52. The molecular weight excluding hydrogens is 781 g/mol. The van der Waals surface area contributed by atoms with Gasteiger partial charge in [0.1, 0.15) is 31.7 Å². The van der Waals surface area contributed by atoms with Gasteiger partial charge in [0.2, 0.25) is 18.7 Å². The molecule has 0 aliphatic heterocycles. The van der Waals surface area contributed by atoms with Crippen molar-refractivity contribution >= 4 is 39.0 Å². The van der Waals surface area contributed by atoms with Gasteiger partial charge in [0.05, 0.1) is 101 Å². The van der Waals surface area contributed by atoms with E-state index in [-0.39, 0.29) is 25.7 Å². The molecule has 0 aromatic heterocycles. The fourth-order valence-corrected chi connectivity index (χ4v) is 4.02. The van der Waals surface area contributed by atoms with Crippen LogP contribution in [0.1, 0.15) is 72.1 Å². The van der Waals surface area contributed by atoms with E-state index in [1.807, 2.05) is 28.1 Å². The molecule has 22 heteroatoms. The molecule has 0 aliphatic carbocycles. The number of aliphatic hydroxyl groups is 3. The molecule has 0 saturated heterocycles. The Labute approximate surface area is 338 Å². The molecule has 6 N–H and O–H groups in total. The zero-order valence-electron chi connectivity index (χ0n) is 36.0. The van der Waals surface area contributed by atoms with Crippen molar-refractivity contribution in [2.24, 2.45) is 0 Å². The molecule has 0 heterocycles. The number of rotatable bonds is 27. The van der Waals surface area contributed by atoms with Crippen LogP contribution >= 0.6 is 0 Å². The first-order chi connectivity index (χ1) is 25.7. The molecule has 2 unspecified atom stereocenters. The second-order valence-electron chi connectivity index (χ2n) is 15.1. The molecule has 0 saturated carbocycles. The Hall–Kier alpha value is -2.09. The number of nitrogens with zero attached hydrogens (tertiary/aromatic N) is 3. The number of likely N-dealkylation sites (N-methyl/N-ethyl adjacent to an activating group) is 3. The molecule has 0 bridgehead atoms. The van der Waals surface area contributed by atoms with Crippen molar-refractivity contribution in [3.8, 4) is 0 Å². The number of quaternary nitrogens is 3. The quantitative estimate of drug-likeness (QED) is 0.0160. The minimum atomic E-state index is -3.72. The summed E-state index contributed by atoms with van der Waals surface area (Å²) in [7, 11) is 5.06. The largest absolute Gasteiger partial charge is 0.707 e. The Morgan fingerprint density at radius 2 is 1.09 bits per heavy atom. The van der Waals surface area contributed by atoms with Gasteiger partial charge in [-0.25, -0.2) is 16.8 Å². The number of hydrogen-bond acceptors (Lipinski definition) is 14. The molecule has 3 amide bonds. The monoisotopic (exact) mass is 860 g/mol. The van der Waals surface area contributed by atoms with E-state index in [1.54, 1.807) is 0 Å². The molecule has 0 spiro atoms. The van der Waals surface area contributed by atoms with Gasteiger partial charge in [-0.1, -0.05) is 45.4 Å². The van der Waals surface area contributed by atoms with E-state index in [0.717, 1.165) is 28.5 Å². The zero-order chi connectivity index (χ0) is 44.9. The first kappa shape index (κ1) is 63.1. The molecule has 340 valence electrons. The first-order valence-corrected chi connectivity index (χ1v) is 22.3. The highest BCUT2D eigenvalue weighted by Crippen LogP contribution is 2.08. The predicted molar refractivity (Wildman–Crippen MR) is 212 cm³/mol. The lowest BCUT2D eigenvalue weighted by Gasteiger charge is -2.35. The van der Waals surface area contributed by atoms with Crippen LogP contribution in [0.15, 0.2) is 0 Å². The molecule has 0 radical (unpaired) electrons. The molecular formula is C34H79N6O14S2+. The van der Waals surface area contributed by atoms with E-state index in [9.17, 15) is 31.2 Å². The highest BCUT2D eigenvalue weighted by atomic mass is 32.2. The van der Waals surface area contributed by atoms with Crippen molar-refractivity contribution in [2.45, 2.75) is 84.2 Å². The predicted octanol–water partition coefficient (Wildman–Crippen LogP) is -2.83. The van der Waals surface area contributed by atoms with Crippen LogP contribution in [-0.2, 0) is 43.3 Å². The summed E-state index contributed by atoms with van der Waals surface area (Å²) in [6.07, 6.45) is 12.3. The summed E-state index contributed by atoms with van der Waals surface area (Å²) in [6.45, 7) is 11.5. The fourth-order valence-electron chi connectivity index (χ4n) is 4.02. The van der Waals surface area contributed by atoms with Gasteiger partial charge in [-0.05, 0) is 20.3 Å². The van der Waals surface area contributed by atoms with Crippen molar-refractivity contribution in [2.75, 3.05) is 120 Å². The summed E-state index contributed by atoms with van der Waals surface area (Å²) in [5.41, 5.74) is 0. The topological polar surface area (TPSA) is 281 Å². The van der Waals surface area contributed by atoms with Crippen molar-refractivity contribution in [3.63, 3.8) is 0 Å². The van der Waals surface area contributed by atoms with Crippen LogP contribution in [0, 0.1) is 0 Å². The lowest BCUT2D eigenvalue weighted by molar-refractivity contribution is -0.912. The van der Waals surface area contributed by atoms with Crippen LogP contribution in [0.5, 0.6) is 0 Å². The van der Waals surface area contributed by atoms with Crippen molar-refractivity contribution in [1.82, 2.24) is 16.0 Å².